The monoisotopic (exact) mass is 393 g/mol. The Morgan fingerprint density at radius 1 is 1.30 bits per heavy atom. The zero-order valence-electron chi connectivity index (χ0n) is 14.0. The van der Waals surface area contributed by atoms with Gasteiger partial charge in [-0.15, -0.1) is 0 Å². The molecule has 0 amide bonds. The minimum Gasteiger partial charge on any atom is -0.491 e. The Kier molecular flexibility index (Phi) is 5.26. The fourth-order valence-electron chi connectivity index (χ4n) is 2.43. The number of ether oxygens (including phenoxy) is 1. The summed E-state index contributed by atoms with van der Waals surface area (Å²) in [6.07, 6.45) is 1.67. The number of anilines is 1. The lowest BCUT2D eigenvalue weighted by molar-refractivity contribution is -0.137. The lowest BCUT2D eigenvalue weighted by Crippen LogP contribution is -2.14. The molecule has 0 saturated heterocycles. The lowest BCUT2D eigenvalue weighted by atomic mass is 10.2. The third kappa shape index (κ3) is 4.34. The number of hydrogen-bond acceptors (Lipinski definition) is 5. The van der Waals surface area contributed by atoms with Gasteiger partial charge in [0.25, 0.3) is 10.0 Å². The van der Waals surface area contributed by atoms with Gasteiger partial charge in [0, 0.05) is 11.8 Å². The highest BCUT2D eigenvalue weighted by Crippen LogP contribution is 2.26. The first kappa shape index (κ1) is 18.6. The molecule has 3 rings (SSSR count). The van der Waals surface area contributed by atoms with Crippen LogP contribution in [-0.4, -0.2) is 36.3 Å². The number of benzene rings is 2. The molecule has 27 heavy (non-hydrogen) atoms. The number of carbonyl (C=O) groups is 1. The number of carboxylic acid groups (broad SMARTS) is 1. The van der Waals surface area contributed by atoms with E-state index in [-0.39, 0.29) is 30.1 Å². The van der Waals surface area contributed by atoms with Crippen LogP contribution < -0.4 is 9.46 Å². The van der Waals surface area contributed by atoms with Gasteiger partial charge in [-0.2, -0.15) is 5.10 Å². The fourth-order valence-corrected chi connectivity index (χ4v) is 3.51. The van der Waals surface area contributed by atoms with E-state index in [9.17, 15) is 17.6 Å². The summed E-state index contributed by atoms with van der Waals surface area (Å²) in [5, 5.41) is 15.9. The van der Waals surface area contributed by atoms with Crippen LogP contribution in [0.25, 0.3) is 10.9 Å². The van der Waals surface area contributed by atoms with E-state index in [0.29, 0.717) is 11.2 Å². The molecule has 0 spiro atoms. The van der Waals surface area contributed by atoms with E-state index in [0.717, 1.165) is 11.5 Å². The maximum Gasteiger partial charge on any atom is 0.303 e. The van der Waals surface area contributed by atoms with Crippen LogP contribution in [0.5, 0.6) is 5.75 Å². The average molecular weight is 393 g/mol. The molecule has 3 aromatic rings. The number of nitrogens with one attached hydrogen (secondary N) is 2. The van der Waals surface area contributed by atoms with Crippen LogP contribution in [0, 0.1) is 5.82 Å². The maximum absolute atomic E-state index is 14.2. The largest absolute Gasteiger partial charge is 0.491 e. The summed E-state index contributed by atoms with van der Waals surface area (Å²) in [6.45, 7) is 0.00931. The van der Waals surface area contributed by atoms with Crippen molar-refractivity contribution in [1.82, 2.24) is 10.2 Å². The highest BCUT2D eigenvalue weighted by molar-refractivity contribution is 7.92. The molecule has 1 heterocycles. The number of nitrogens with zero attached hydrogens (tertiary/aromatic N) is 1. The average Bonchev–Trinajstić information content (AvgIpc) is 3.09. The summed E-state index contributed by atoms with van der Waals surface area (Å²) >= 11 is 0. The fraction of sp³-hybridized carbons (Fsp3) is 0.176. The number of hydrogen-bond donors (Lipinski definition) is 3. The second-order valence-corrected chi connectivity index (χ2v) is 7.37. The predicted molar refractivity (Wildman–Crippen MR) is 95.7 cm³/mol. The Hall–Kier alpha value is -3.14. The summed E-state index contributed by atoms with van der Waals surface area (Å²) < 4.78 is 46.8. The van der Waals surface area contributed by atoms with Crippen LogP contribution in [-0.2, 0) is 14.8 Å². The second kappa shape index (κ2) is 7.62. The Labute approximate surface area is 154 Å². The number of carboxylic acids is 1. The standard InChI is InChI=1S/C17H16FN3O5S/c18-13-9-12(6-7-15(13)26-8-2-5-16(22)23)27(24,25)21-14-4-1-3-11-10-19-20-17(11)14/h1,3-4,6-7,9-10,21H,2,5,8H2,(H,19,20)(H,22,23). The van der Waals surface area contributed by atoms with Gasteiger partial charge < -0.3 is 9.84 Å². The number of fused-ring (bicyclic) bond motifs is 1. The van der Waals surface area contributed by atoms with Crippen molar-refractivity contribution in [3.63, 3.8) is 0 Å². The third-order valence-electron chi connectivity index (χ3n) is 3.73. The molecule has 0 saturated carbocycles. The van der Waals surface area contributed by atoms with E-state index in [1.807, 2.05) is 0 Å². The van der Waals surface area contributed by atoms with Gasteiger partial charge in [0.15, 0.2) is 11.6 Å². The summed E-state index contributed by atoms with van der Waals surface area (Å²) in [5.74, 6) is -1.97. The predicted octanol–water partition coefficient (Wildman–Crippen LogP) is 2.75. The number of para-hydroxylation sites is 1. The van der Waals surface area contributed by atoms with Crippen LogP contribution in [0.1, 0.15) is 12.8 Å². The summed E-state index contributed by atoms with van der Waals surface area (Å²) in [5.41, 5.74) is 0.805. The number of rotatable bonds is 8. The van der Waals surface area contributed by atoms with Gasteiger partial charge >= 0.3 is 5.97 Å². The van der Waals surface area contributed by atoms with Crippen molar-refractivity contribution in [2.24, 2.45) is 0 Å². The van der Waals surface area contributed by atoms with Gasteiger partial charge in [-0.25, -0.2) is 12.8 Å². The third-order valence-corrected chi connectivity index (χ3v) is 5.09. The first-order chi connectivity index (χ1) is 12.9. The molecular formula is C17H16FN3O5S. The molecule has 0 aliphatic carbocycles. The van der Waals surface area contributed by atoms with Crippen molar-refractivity contribution in [3.05, 3.63) is 48.4 Å². The molecule has 8 nitrogen and oxygen atoms in total. The minimum absolute atomic E-state index is 0.00931. The van der Waals surface area contributed by atoms with Crippen LogP contribution in [0.4, 0.5) is 10.1 Å². The van der Waals surface area contributed by atoms with Gasteiger partial charge in [0.05, 0.1) is 28.9 Å². The van der Waals surface area contributed by atoms with E-state index < -0.39 is 21.8 Å². The van der Waals surface area contributed by atoms with Crippen molar-refractivity contribution >= 4 is 32.6 Å². The Balaban J connectivity index is 1.76. The zero-order chi connectivity index (χ0) is 19.4. The van der Waals surface area contributed by atoms with Crippen LogP contribution in [0.2, 0.25) is 0 Å². The highest BCUT2D eigenvalue weighted by Gasteiger charge is 2.18. The van der Waals surface area contributed by atoms with E-state index in [1.165, 1.54) is 12.1 Å². The second-order valence-electron chi connectivity index (χ2n) is 5.68. The summed E-state index contributed by atoms with van der Waals surface area (Å²) in [7, 11) is -4.03. The molecule has 142 valence electrons. The highest BCUT2D eigenvalue weighted by atomic mass is 32.2. The molecule has 0 aliphatic rings. The van der Waals surface area contributed by atoms with Crippen LogP contribution >= 0.6 is 0 Å². The van der Waals surface area contributed by atoms with Crippen molar-refractivity contribution in [1.29, 1.82) is 0 Å². The van der Waals surface area contributed by atoms with E-state index in [1.54, 1.807) is 24.4 Å². The maximum atomic E-state index is 14.2. The smallest absolute Gasteiger partial charge is 0.303 e. The summed E-state index contributed by atoms with van der Waals surface area (Å²) in [4.78, 5) is 10.2. The van der Waals surface area contributed by atoms with Crippen molar-refractivity contribution in [3.8, 4) is 5.75 Å². The molecule has 0 fully saturated rings. The number of sulfonamides is 1. The van der Waals surface area contributed by atoms with E-state index >= 15 is 0 Å². The van der Waals surface area contributed by atoms with Gasteiger partial charge in [0.1, 0.15) is 0 Å². The topological polar surface area (TPSA) is 121 Å². The normalized spacial score (nSPS) is 11.4. The molecular weight excluding hydrogens is 377 g/mol. The molecule has 1 aromatic heterocycles. The van der Waals surface area contributed by atoms with E-state index in [2.05, 4.69) is 14.9 Å². The van der Waals surface area contributed by atoms with Gasteiger partial charge in [0.2, 0.25) is 0 Å². The van der Waals surface area contributed by atoms with Crippen LogP contribution in [0.15, 0.2) is 47.5 Å². The molecule has 2 aromatic carbocycles. The van der Waals surface area contributed by atoms with Crippen molar-refractivity contribution in [2.75, 3.05) is 11.3 Å². The molecule has 0 radical (unpaired) electrons. The van der Waals surface area contributed by atoms with Crippen molar-refractivity contribution < 1.29 is 27.4 Å². The Bertz CT molecular complexity index is 1080. The molecule has 0 bridgehead atoms. The summed E-state index contributed by atoms with van der Waals surface area (Å²) in [6, 6.07) is 8.26. The molecule has 0 atom stereocenters. The first-order valence-electron chi connectivity index (χ1n) is 7.96. The zero-order valence-corrected chi connectivity index (χ0v) is 14.8. The van der Waals surface area contributed by atoms with Gasteiger partial charge in [-0.1, -0.05) is 12.1 Å². The number of halogens is 1. The quantitative estimate of drug-likeness (QED) is 0.506. The molecule has 0 aliphatic heterocycles. The van der Waals surface area contributed by atoms with Gasteiger partial charge in [-0.3, -0.25) is 14.6 Å². The number of H-pyrrole nitrogens is 1. The minimum atomic E-state index is -4.03. The lowest BCUT2D eigenvalue weighted by Gasteiger charge is -2.11. The van der Waals surface area contributed by atoms with E-state index in [4.69, 9.17) is 9.84 Å². The van der Waals surface area contributed by atoms with Gasteiger partial charge in [-0.05, 0) is 30.7 Å². The number of aromatic amines is 1. The number of aliphatic carboxylic acids is 1. The first-order valence-corrected chi connectivity index (χ1v) is 9.44. The Morgan fingerprint density at radius 3 is 2.85 bits per heavy atom. The van der Waals surface area contributed by atoms with Crippen molar-refractivity contribution in [2.45, 2.75) is 17.7 Å². The van der Waals surface area contributed by atoms with Crippen LogP contribution in [0.3, 0.4) is 0 Å². The molecule has 0 unspecified atom stereocenters. The molecule has 3 N–H and O–H groups in total. The SMILES string of the molecule is O=C(O)CCCOc1ccc(S(=O)(=O)Nc2cccc3cn[nH]c23)cc1F. The molecule has 10 heteroatoms. The number of aromatic nitrogens is 2. The Morgan fingerprint density at radius 2 is 2.11 bits per heavy atom.